The van der Waals surface area contributed by atoms with Crippen molar-refractivity contribution in [3.05, 3.63) is 16.5 Å². The van der Waals surface area contributed by atoms with E-state index in [1.165, 1.54) is 4.31 Å². The second-order valence-electron chi connectivity index (χ2n) is 4.22. The van der Waals surface area contributed by atoms with E-state index in [2.05, 4.69) is 0 Å². The van der Waals surface area contributed by atoms with E-state index in [4.69, 9.17) is 27.9 Å². The van der Waals surface area contributed by atoms with E-state index < -0.39 is 10.0 Å². The van der Waals surface area contributed by atoms with Crippen LogP contribution in [0.1, 0.15) is 12.8 Å². The molecule has 0 amide bonds. The van der Waals surface area contributed by atoms with Gasteiger partial charge in [-0.15, -0.1) is 22.9 Å². The fraction of sp³-hybridized carbons (Fsp3) is 0.636. The molecule has 0 radical (unpaired) electrons. The average molecular weight is 344 g/mol. The molecule has 108 valence electrons. The summed E-state index contributed by atoms with van der Waals surface area (Å²) in [5.74, 6) is 0.464. The summed E-state index contributed by atoms with van der Waals surface area (Å²) in [7, 11) is -3.40. The molecule has 0 aliphatic carbocycles. The molecule has 1 aromatic heterocycles. The Bertz CT molecular complexity index is 510. The van der Waals surface area contributed by atoms with Gasteiger partial charge < -0.3 is 4.74 Å². The molecule has 1 aliphatic rings. The van der Waals surface area contributed by atoms with E-state index >= 15 is 0 Å². The highest BCUT2D eigenvalue weighted by atomic mass is 35.5. The van der Waals surface area contributed by atoms with Gasteiger partial charge in [-0.1, -0.05) is 11.6 Å². The molecule has 1 aliphatic heterocycles. The van der Waals surface area contributed by atoms with Crippen molar-refractivity contribution in [2.24, 2.45) is 0 Å². The van der Waals surface area contributed by atoms with Crippen LogP contribution in [-0.2, 0) is 14.8 Å². The van der Waals surface area contributed by atoms with Crippen molar-refractivity contribution < 1.29 is 13.2 Å². The number of alkyl halides is 1. The molecule has 0 spiro atoms. The Morgan fingerprint density at radius 1 is 1.37 bits per heavy atom. The van der Waals surface area contributed by atoms with Gasteiger partial charge in [0.1, 0.15) is 4.21 Å². The lowest BCUT2D eigenvalue weighted by Crippen LogP contribution is -2.40. The van der Waals surface area contributed by atoms with Gasteiger partial charge in [-0.25, -0.2) is 8.42 Å². The zero-order chi connectivity index (χ0) is 13.9. The number of hydrogen-bond acceptors (Lipinski definition) is 4. The largest absolute Gasteiger partial charge is 0.377 e. The van der Waals surface area contributed by atoms with Crippen molar-refractivity contribution in [1.82, 2.24) is 4.31 Å². The van der Waals surface area contributed by atoms with Gasteiger partial charge in [-0.3, -0.25) is 0 Å². The number of nitrogens with zero attached hydrogens (tertiary/aromatic N) is 1. The molecular formula is C11H15Cl2NO3S2. The summed E-state index contributed by atoms with van der Waals surface area (Å²) in [4.78, 5) is 0. The van der Waals surface area contributed by atoms with Gasteiger partial charge in [0.25, 0.3) is 10.0 Å². The van der Waals surface area contributed by atoms with Crippen LogP contribution >= 0.6 is 34.5 Å². The Kier molecular flexibility index (Phi) is 5.51. The maximum atomic E-state index is 12.3. The monoisotopic (exact) mass is 343 g/mol. The Morgan fingerprint density at radius 3 is 2.58 bits per heavy atom. The van der Waals surface area contributed by atoms with Crippen molar-refractivity contribution >= 4 is 44.6 Å². The smallest absolute Gasteiger partial charge is 0.252 e. The minimum Gasteiger partial charge on any atom is -0.377 e. The molecule has 2 rings (SSSR count). The predicted octanol–water partition coefficient (Wildman–Crippen LogP) is 2.81. The fourth-order valence-corrected chi connectivity index (χ4v) is 5.21. The third kappa shape index (κ3) is 3.83. The zero-order valence-corrected chi connectivity index (χ0v) is 13.4. The summed E-state index contributed by atoms with van der Waals surface area (Å²) in [5, 5.41) is 0. The molecule has 0 bridgehead atoms. The molecule has 1 saturated heterocycles. The Hall–Kier alpha value is 0.150. The summed E-state index contributed by atoms with van der Waals surface area (Å²) < 4.78 is 32.5. The number of ether oxygens (including phenoxy) is 1. The van der Waals surface area contributed by atoms with E-state index in [0.717, 1.165) is 11.3 Å². The predicted molar refractivity (Wildman–Crippen MR) is 77.8 cm³/mol. The van der Waals surface area contributed by atoms with Gasteiger partial charge in [-0.2, -0.15) is 4.31 Å². The topological polar surface area (TPSA) is 46.6 Å². The van der Waals surface area contributed by atoms with Gasteiger partial charge in [0, 0.05) is 19.0 Å². The molecule has 0 atom stereocenters. The van der Waals surface area contributed by atoms with Gasteiger partial charge in [-0.05, 0) is 25.0 Å². The van der Waals surface area contributed by atoms with Crippen LogP contribution in [0, 0.1) is 0 Å². The number of thiophene rings is 1. The SMILES string of the molecule is O=S(=O)(c1ccc(Cl)s1)N1CCC(OCCCl)CC1. The Morgan fingerprint density at radius 2 is 2.05 bits per heavy atom. The molecule has 8 heteroatoms. The summed E-state index contributed by atoms with van der Waals surface area (Å²) in [5.41, 5.74) is 0. The van der Waals surface area contributed by atoms with Crippen molar-refractivity contribution in [1.29, 1.82) is 0 Å². The second kappa shape index (κ2) is 6.74. The lowest BCUT2D eigenvalue weighted by molar-refractivity contribution is 0.0301. The van der Waals surface area contributed by atoms with Crippen molar-refractivity contribution in [2.75, 3.05) is 25.6 Å². The molecule has 0 saturated carbocycles. The summed E-state index contributed by atoms with van der Waals surface area (Å²) in [6, 6.07) is 3.16. The van der Waals surface area contributed by atoms with Crippen LogP contribution in [0.5, 0.6) is 0 Å². The first kappa shape index (κ1) is 15.5. The first-order valence-corrected chi connectivity index (χ1v) is 9.14. The van der Waals surface area contributed by atoms with Crippen molar-refractivity contribution in [3.8, 4) is 0 Å². The third-order valence-electron chi connectivity index (χ3n) is 2.97. The first-order chi connectivity index (χ1) is 9.04. The van der Waals surface area contributed by atoms with Crippen molar-refractivity contribution in [3.63, 3.8) is 0 Å². The second-order valence-corrected chi connectivity index (χ2v) is 8.48. The lowest BCUT2D eigenvalue weighted by atomic mass is 10.1. The average Bonchev–Trinajstić information content (AvgIpc) is 2.84. The van der Waals surface area contributed by atoms with Crippen LogP contribution in [-0.4, -0.2) is 44.4 Å². The number of piperidine rings is 1. The molecule has 1 aromatic rings. The maximum absolute atomic E-state index is 12.3. The van der Waals surface area contributed by atoms with Crippen LogP contribution in [0.3, 0.4) is 0 Å². The molecule has 4 nitrogen and oxygen atoms in total. The summed E-state index contributed by atoms with van der Waals surface area (Å²) in [6.45, 7) is 1.47. The minimum atomic E-state index is -3.40. The van der Waals surface area contributed by atoms with Crippen LogP contribution < -0.4 is 0 Å². The van der Waals surface area contributed by atoms with Crippen molar-refractivity contribution in [2.45, 2.75) is 23.2 Å². The highest BCUT2D eigenvalue weighted by Crippen LogP contribution is 2.29. The van der Waals surface area contributed by atoms with Gasteiger partial charge in [0.2, 0.25) is 0 Å². The fourth-order valence-electron chi connectivity index (χ4n) is 2.01. The van der Waals surface area contributed by atoms with E-state index in [9.17, 15) is 8.42 Å². The van der Waals surface area contributed by atoms with Crippen LogP contribution in [0.25, 0.3) is 0 Å². The highest BCUT2D eigenvalue weighted by Gasteiger charge is 2.30. The summed E-state index contributed by atoms with van der Waals surface area (Å²) >= 11 is 12.4. The van der Waals surface area contributed by atoms with E-state index in [-0.39, 0.29) is 6.10 Å². The number of halogens is 2. The Labute approximate surface area is 127 Å². The Balaban J connectivity index is 1.97. The number of sulfonamides is 1. The molecule has 19 heavy (non-hydrogen) atoms. The minimum absolute atomic E-state index is 0.108. The molecule has 0 aromatic carbocycles. The number of hydrogen-bond donors (Lipinski definition) is 0. The molecule has 0 unspecified atom stereocenters. The number of rotatable bonds is 5. The van der Waals surface area contributed by atoms with E-state index in [1.54, 1.807) is 12.1 Å². The third-order valence-corrected chi connectivity index (χ3v) is 6.73. The lowest BCUT2D eigenvalue weighted by Gasteiger charge is -2.30. The van der Waals surface area contributed by atoms with Crippen LogP contribution in [0.2, 0.25) is 4.34 Å². The molecular weight excluding hydrogens is 329 g/mol. The van der Waals surface area contributed by atoms with Crippen LogP contribution in [0.15, 0.2) is 16.3 Å². The van der Waals surface area contributed by atoms with E-state index in [1.807, 2.05) is 0 Å². The molecule has 1 fully saturated rings. The van der Waals surface area contributed by atoms with Crippen LogP contribution in [0.4, 0.5) is 0 Å². The van der Waals surface area contributed by atoms with E-state index in [0.29, 0.717) is 47.0 Å². The van der Waals surface area contributed by atoms with Gasteiger partial charge >= 0.3 is 0 Å². The quantitative estimate of drug-likeness (QED) is 0.772. The first-order valence-electron chi connectivity index (χ1n) is 5.97. The molecule has 0 N–H and O–H groups in total. The van der Waals surface area contributed by atoms with Gasteiger partial charge in [0.15, 0.2) is 0 Å². The maximum Gasteiger partial charge on any atom is 0.252 e. The standard InChI is InChI=1S/C11H15Cl2NO3S2/c12-5-8-17-9-3-6-14(7-4-9)19(15,16)11-2-1-10(13)18-11/h1-2,9H,3-8H2. The zero-order valence-electron chi connectivity index (χ0n) is 10.2. The highest BCUT2D eigenvalue weighted by molar-refractivity contribution is 7.91. The molecule has 2 heterocycles. The van der Waals surface area contributed by atoms with Gasteiger partial charge in [0.05, 0.1) is 17.0 Å². The summed E-state index contributed by atoms with van der Waals surface area (Å²) in [6.07, 6.45) is 1.52. The normalized spacial score (nSPS) is 18.8.